The Balaban J connectivity index is 1.78. The van der Waals surface area contributed by atoms with Gasteiger partial charge in [0.15, 0.2) is 11.6 Å². The number of hydrogen-bond acceptors (Lipinski definition) is 2. The van der Waals surface area contributed by atoms with Crippen molar-refractivity contribution < 1.29 is 9.13 Å². The van der Waals surface area contributed by atoms with Gasteiger partial charge in [0.2, 0.25) is 0 Å². The summed E-state index contributed by atoms with van der Waals surface area (Å²) in [7, 11) is 1.46. The van der Waals surface area contributed by atoms with Crippen molar-refractivity contribution >= 4 is 11.6 Å². The molecular formula is C16H17ClFNO. The predicted molar refractivity (Wildman–Crippen MR) is 79.8 cm³/mol. The van der Waals surface area contributed by atoms with Crippen molar-refractivity contribution in [1.29, 1.82) is 0 Å². The summed E-state index contributed by atoms with van der Waals surface area (Å²) in [5.74, 6) is -0.0561. The van der Waals surface area contributed by atoms with Gasteiger partial charge in [-0.05, 0) is 48.4 Å². The first-order chi connectivity index (χ1) is 9.69. The van der Waals surface area contributed by atoms with Crippen molar-refractivity contribution in [2.24, 2.45) is 0 Å². The van der Waals surface area contributed by atoms with Gasteiger partial charge in [-0.25, -0.2) is 4.39 Å². The van der Waals surface area contributed by atoms with E-state index in [0.717, 1.165) is 23.6 Å². The van der Waals surface area contributed by atoms with Crippen LogP contribution in [0.3, 0.4) is 0 Å². The summed E-state index contributed by atoms with van der Waals surface area (Å²) in [6, 6.07) is 12.8. The standard InChI is InChI=1S/C16H17ClFNO/c1-20-16-7-4-13(10-15(16)18)11-19-9-8-12-2-5-14(17)6-3-12/h2-7,10,19H,8-9,11H2,1H3. The minimum Gasteiger partial charge on any atom is -0.494 e. The lowest BCUT2D eigenvalue weighted by Crippen LogP contribution is -2.16. The van der Waals surface area contributed by atoms with Crippen LogP contribution < -0.4 is 10.1 Å². The normalized spacial score (nSPS) is 10.6. The van der Waals surface area contributed by atoms with Crippen LogP contribution in [0.2, 0.25) is 5.02 Å². The molecule has 4 heteroatoms. The lowest BCUT2D eigenvalue weighted by atomic mass is 10.1. The molecule has 20 heavy (non-hydrogen) atoms. The van der Waals surface area contributed by atoms with E-state index in [1.54, 1.807) is 6.07 Å². The topological polar surface area (TPSA) is 21.3 Å². The third-order valence-corrected chi connectivity index (χ3v) is 3.30. The maximum Gasteiger partial charge on any atom is 0.165 e. The van der Waals surface area contributed by atoms with Crippen LogP contribution in [0.15, 0.2) is 42.5 Å². The van der Waals surface area contributed by atoms with E-state index < -0.39 is 0 Å². The molecule has 106 valence electrons. The van der Waals surface area contributed by atoms with Crippen LogP contribution in [0.1, 0.15) is 11.1 Å². The number of hydrogen-bond donors (Lipinski definition) is 1. The van der Waals surface area contributed by atoms with E-state index in [1.807, 2.05) is 30.3 Å². The molecule has 0 aliphatic heterocycles. The summed E-state index contributed by atoms with van der Waals surface area (Å²) in [5.41, 5.74) is 2.13. The number of benzene rings is 2. The van der Waals surface area contributed by atoms with Gasteiger partial charge in [-0.15, -0.1) is 0 Å². The molecule has 0 atom stereocenters. The molecule has 0 aromatic heterocycles. The van der Waals surface area contributed by atoms with E-state index in [4.69, 9.17) is 16.3 Å². The third-order valence-electron chi connectivity index (χ3n) is 3.05. The predicted octanol–water partition coefficient (Wildman–Crippen LogP) is 3.82. The van der Waals surface area contributed by atoms with Crippen molar-refractivity contribution in [2.45, 2.75) is 13.0 Å². The zero-order chi connectivity index (χ0) is 14.4. The minimum absolute atomic E-state index is 0.273. The molecular weight excluding hydrogens is 277 g/mol. The van der Waals surface area contributed by atoms with Crippen molar-refractivity contribution in [2.75, 3.05) is 13.7 Å². The monoisotopic (exact) mass is 293 g/mol. The molecule has 2 aromatic rings. The lowest BCUT2D eigenvalue weighted by molar-refractivity contribution is 0.386. The molecule has 0 bridgehead atoms. The fourth-order valence-electron chi connectivity index (χ4n) is 1.94. The number of halogens is 2. The number of rotatable bonds is 6. The van der Waals surface area contributed by atoms with Crippen LogP contribution in [0.4, 0.5) is 4.39 Å². The Labute approximate surface area is 123 Å². The molecule has 1 N–H and O–H groups in total. The number of methoxy groups -OCH3 is 1. The van der Waals surface area contributed by atoms with E-state index >= 15 is 0 Å². The first kappa shape index (κ1) is 14.8. The zero-order valence-corrected chi connectivity index (χ0v) is 12.1. The summed E-state index contributed by atoms with van der Waals surface area (Å²) in [4.78, 5) is 0. The molecule has 2 nitrogen and oxygen atoms in total. The van der Waals surface area contributed by atoms with Crippen molar-refractivity contribution in [3.8, 4) is 5.75 Å². The fraction of sp³-hybridized carbons (Fsp3) is 0.250. The van der Waals surface area contributed by atoms with Gasteiger partial charge in [-0.3, -0.25) is 0 Å². The van der Waals surface area contributed by atoms with Crippen molar-refractivity contribution in [3.05, 3.63) is 64.4 Å². The summed E-state index contributed by atoms with van der Waals surface area (Å²) >= 11 is 5.83. The summed E-state index contributed by atoms with van der Waals surface area (Å²) in [5, 5.41) is 4.03. The Morgan fingerprint density at radius 1 is 1.10 bits per heavy atom. The Hall–Kier alpha value is -1.58. The first-order valence-corrected chi connectivity index (χ1v) is 6.84. The molecule has 0 fully saturated rings. The van der Waals surface area contributed by atoms with Crippen LogP contribution in [0.25, 0.3) is 0 Å². The van der Waals surface area contributed by atoms with Gasteiger partial charge in [0.05, 0.1) is 7.11 Å². The van der Waals surface area contributed by atoms with E-state index in [9.17, 15) is 4.39 Å². The first-order valence-electron chi connectivity index (χ1n) is 6.46. The third kappa shape index (κ3) is 4.22. The molecule has 0 spiro atoms. The van der Waals surface area contributed by atoms with Gasteiger partial charge in [0, 0.05) is 11.6 Å². The molecule has 0 aliphatic rings. The Bertz CT molecular complexity index is 557. The van der Waals surface area contributed by atoms with Crippen molar-refractivity contribution in [1.82, 2.24) is 5.32 Å². The average Bonchev–Trinajstić information content (AvgIpc) is 2.46. The SMILES string of the molecule is COc1ccc(CNCCc2ccc(Cl)cc2)cc1F. The minimum atomic E-state index is -0.329. The van der Waals surface area contributed by atoms with Gasteiger partial charge in [-0.1, -0.05) is 29.8 Å². The van der Waals surface area contributed by atoms with E-state index in [0.29, 0.717) is 6.54 Å². The van der Waals surface area contributed by atoms with Crippen LogP contribution in [0.5, 0.6) is 5.75 Å². The largest absolute Gasteiger partial charge is 0.494 e. The second-order valence-corrected chi connectivity index (χ2v) is 4.96. The van der Waals surface area contributed by atoms with Gasteiger partial charge in [0.1, 0.15) is 0 Å². The maximum absolute atomic E-state index is 13.5. The summed E-state index contributed by atoms with van der Waals surface area (Å²) in [6.07, 6.45) is 0.913. The molecule has 0 radical (unpaired) electrons. The second kappa shape index (κ2) is 7.27. The highest BCUT2D eigenvalue weighted by Gasteiger charge is 2.03. The summed E-state index contributed by atoms with van der Waals surface area (Å²) in [6.45, 7) is 1.46. The fourth-order valence-corrected chi connectivity index (χ4v) is 2.06. The molecule has 2 rings (SSSR count). The number of nitrogens with one attached hydrogen (secondary N) is 1. The Kier molecular flexibility index (Phi) is 5.39. The highest BCUT2D eigenvalue weighted by Crippen LogP contribution is 2.17. The molecule has 0 saturated carbocycles. The lowest BCUT2D eigenvalue weighted by Gasteiger charge is -2.07. The Morgan fingerprint density at radius 3 is 2.45 bits per heavy atom. The summed E-state index contributed by atoms with van der Waals surface area (Å²) < 4.78 is 18.4. The van der Waals surface area contributed by atoms with Crippen LogP contribution in [-0.4, -0.2) is 13.7 Å². The van der Waals surface area contributed by atoms with E-state index in [1.165, 1.54) is 18.7 Å². The van der Waals surface area contributed by atoms with Crippen LogP contribution in [-0.2, 0) is 13.0 Å². The second-order valence-electron chi connectivity index (χ2n) is 4.52. The zero-order valence-electron chi connectivity index (χ0n) is 11.3. The maximum atomic E-state index is 13.5. The molecule has 0 aliphatic carbocycles. The highest BCUT2D eigenvalue weighted by molar-refractivity contribution is 6.30. The van der Waals surface area contributed by atoms with Gasteiger partial charge in [0.25, 0.3) is 0 Å². The molecule has 0 heterocycles. The van der Waals surface area contributed by atoms with E-state index in [-0.39, 0.29) is 11.6 Å². The smallest absolute Gasteiger partial charge is 0.165 e. The number of ether oxygens (including phenoxy) is 1. The van der Waals surface area contributed by atoms with E-state index in [2.05, 4.69) is 5.32 Å². The van der Waals surface area contributed by atoms with Crippen LogP contribution >= 0.6 is 11.6 Å². The van der Waals surface area contributed by atoms with Gasteiger partial charge < -0.3 is 10.1 Å². The molecule has 0 unspecified atom stereocenters. The van der Waals surface area contributed by atoms with Crippen LogP contribution in [0, 0.1) is 5.82 Å². The molecule has 2 aromatic carbocycles. The Morgan fingerprint density at radius 2 is 1.80 bits per heavy atom. The molecule has 0 saturated heterocycles. The average molecular weight is 294 g/mol. The van der Waals surface area contributed by atoms with Crippen molar-refractivity contribution in [3.63, 3.8) is 0 Å². The van der Waals surface area contributed by atoms with Gasteiger partial charge >= 0.3 is 0 Å². The highest BCUT2D eigenvalue weighted by atomic mass is 35.5. The quantitative estimate of drug-likeness (QED) is 0.818. The molecule has 0 amide bonds. The van der Waals surface area contributed by atoms with Gasteiger partial charge in [-0.2, -0.15) is 0 Å².